The van der Waals surface area contributed by atoms with Crippen LogP contribution in [0.1, 0.15) is 38.0 Å². The lowest BCUT2D eigenvalue weighted by atomic mass is 9.96. The van der Waals surface area contributed by atoms with E-state index in [-0.39, 0.29) is 18.4 Å². The van der Waals surface area contributed by atoms with E-state index in [2.05, 4.69) is 10.1 Å². The Labute approximate surface area is 122 Å². The normalized spacial score (nSPS) is 11.4. The molecule has 0 saturated carbocycles. The molecule has 0 aliphatic carbocycles. The minimum atomic E-state index is -0.904. The van der Waals surface area contributed by atoms with Crippen molar-refractivity contribution in [3.63, 3.8) is 0 Å². The molecule has 0 aliphatic rings. The second-order valence-electron chi connectivity index (χ2n) is 5.73. The number of carbonyl (C=O) groups is 1. The van der Waals surface area contributed by atoms with Gasteiger partial charge in [-0.2, -0.15) is 4.98 Å². The molecular weight excluding hydrogens is 272 g/mol. The summed E-state index contributed by atoms with van der Waals surface area (Å²) in [5, 5.41) is 12.8. The Morgan fingerprint density at radius 1 is 1.33 bits per heavy atom. The lowest BCUT2D eigenvalue weighted by Crippen LogP contribution is -2.13. The number of aliphatic carboxylic acids is 1. The number of benzene rings is 1. The molecule has 1 aromatic carbocycles. The van der Waals surface area contributed by atoms with Gasteiger partial charge >= 0.3 is 5.97 Å². The molecule has 0 aliphatic heterocycles. The van der Waals surface area contributed by atoms with Gasteiger partial charge in [-0.05, 0) is 6.07 Å². The molecule has 0 atom stereocenters. The van der Waals surface area contributed by atoms with Gasteiger partial charge in [-0.25, -0.2) is 0 Å². The topological polar surface area (TPSA) is 85.5 Å². The van der Waals surface area contributed by atoms with Crippen LogP contribution in [0.2, 0.25) is 0 Å². The van der Waals surface area contributed by atoms with Crippen LogP contribution in [0.4, 0.5) is 0 Å². The van der Waals surface area contributed by atoms with Crippen molar-refractivity contribution in [1.29, 1.82) is 0 Å². The Kier molecular flexibility index (Phi) is 4.26. The monoisotopic (exact) mass is 290 g/mol. The molecule has 0 saturated heterocycles. The highest BCUT2D eigenvalue weighted by atomic mass is 16.5. The van der Waals surface area contributed by atoms with Crippen LogP contribution in [0, 0.1) is 0 Å². The van der Waals surface area contributed by atoms with Gasteiger partial charge in [0.1, 0.15) is 5.75 Å². The Morgan fingerprint density at radius 3 is 2.67 bits per heavy atom. The van der Waals surface area contributed by atoms with Gasteiger partial charge in [0.25, 0.3) is 5.89 Å². The number of para-hydroxylation sites is 1. The molecule has 1 aromatic heterocycles. The van der Waals surface area contributed by atoms with Crippen LogP contribution >= 0.6 is 0 Å². The van der Waals surface area contributed by atoms with Gasteiger partial charge in [0, 0.05) is 11.0 Å². The highest BCUT2D eigenvalue weighted by molar-refractivity contribution is 5.71. The van der Waals surface area contributed by atoms with E-state index in [0.29, 0.717) is 23.0 Å². The summed E-state index contributed by atoms with van der Waals surface area (Å²) in [6.07, 6.45) is -0.0900. The van der Waals surface area contributed by atoms with E-state index in [1.807, 2.05) is 20.8 Å². The number of aromatic nitrogens is 2. The van der Waals surface area contributed by atoms with E-state index in [0.717, 1.165) is 0 Å². The first kappa shape index (κ1) is 15.0. The third-order valence-corrected chi connectivity index (χ3v) is 2.80. The summed E-state index contributed by atoms with van der Waals surface area (Å²) in [5.74, 6) is 0.583. The number of nitrogens with zero attached hydrogens (tertiary/aromatic N) is 2. The Morgan fingerprint density at radius 2 is 2.05 bits per heavy atom. The predicted octanol–water partition coefficient (Wildman–Crippen LogP) is 2.57. The van der Waals surface area contributed by atoms with Crippen molar-refractivity contribution in [3.05, 3.63) is 41.5 Å². The molecule has 6 heteroatoms. The van der Waals surface area contributed by atoms with Crippen LogP contribution < -0.4 is 4.74 Å². The molecule has 2 aromatic rings. The number of ether oxygens (including phenoxy) is 1. The number of hydrogen-bond donors (Lipinski definition) is 1. The van der Waals surface area contributed by atoms with Gasteiger partial charge in [-0.15, -0.1) is 0 Å². The van der Waals surface area contributed by atoms with Gasteiger partial charge < -0.3 is 14.4 Å². The zero-order chi connectivity index (χ0) is 15.5. The highest BCUT2D eigenvalue weighted by Crippen LogP contribution is 2.21. The van der Waals surface area contributed by atoms with Crippen molar-refractivity contribution in [2.45, 2.75) is 39.2 Å². The molecule has 0 fully saturated rings. The van der Waals surface area contributed by atoms with Crippen LogP contribution in [-0.2, 0) is 23.2 Å². The van der Waals surface area contributed by atoms with Crippen LogP contribution in [-0.4, -0.2) is 21.2 Å². The molecule has 0 amide bonds. The first-order valence-corrected chi connectivity index (χ1v) is 6.62. The van der Waals surface area contributed by atoms with E-state index >= 15 is 0 Å². The van der Waals surface area contributed by atoms with Crippen LogP contribution in [0.15, 0.2) is 28.8 Å². The lowest BCUT2D eigenvalue weighted by Gasteiger charge is -2.11. The molecule has 1 N–H and O–H groups in total. The zero-order valence-corrected chi connectivity index (χ0v) is 12.3. The Bertz CT molecular complexity index is 629. The molecule has 112 valence electrons. The van der Waals surface area contributed by atoms with E-state index < -0.39 is 5.97 Å². The van der Waals surface area contributed by atoms with Crippen molar-refractivity contribution in [3.8, 4) is 5.75 Å². The van der Waals surface area contributed by atoms with Crippen LogP contribution in [0.3, 0.4) is 0 Å². The summed E-state index contributed by atoms with van der Waals surface area (Å²) in [5.41, 5.74) is 0.420. The van der Waals surface area contributed by atoms with Gasteiger partial charge in [0.15, 0.2) is 12.4 Å². The largest absolute Gasteiger partial charge is 0.483 e. The van der Waals surface area contributed by atoms with Crippen LogP contribution in [0.25, 0.3) is 0 Å². The fourth-order valence-electron chi connectivity index (χ4n) is 1.71. The maximum atomic E-state index is 10.8. The van der Waals surface area contributed by atoms with Crippen molar-refractivity contribution in [2.24, 2.45) is 0 Å². The second-order valence-corrected chi connectivity index (χ2v) is 5.73. The number of hydrogen-bond acceptors (Lipinski definition) is 5. The van der Waals surface area contributed by atoms with Crippen molar-refractivity contribution in [2.75, 3.05) is 0 Å². The third kappa shape index (κ3) is 4.05. The minimum absolute atomic E-state index is 0.0900. The maximum Gasteiger partial charge on any atom is 0.307 e. The SMILES string of the molecule is CC(C)(C)c1noc(COc2ccccc2CC(=O)O)n1. The molecule has 0 unspecified atom stereocenters. The highest BCUT2D eigenvalue weighted by Gasteiger charge is 2.21. The fourth-order valence-corrected chi connectivity index (χ4v) is 1.71. The summed E-state index contributed by atoms with van der Waals surface area (Å²) in [4.78, 5) is 15.1. The number of rotatable bonds is 5. The van der Waals surface area contributed by atoms with Crippen molar-refractivity contribution in [1.82, 2.24) is 10.1 Å². The van der Waals surface area contributed by atoms with E-state index in [9.17, 15) is 4.79 Å². The Hall–Kier alpha value is -2.37. The molecular formula is C15H18N2O4. The van der Waals surface area contributed by atoms with Gasteiger partial charge in [0.05, 0.1) is 6.42 Å². The van der Waals surface area contributed by atoms with Crippen molar-refractivity contribution >= 4 is 5.97 Å². The summed E-state index contributed by atoms with van der Waals surface area (Å²) >= 11 is 0. The molecule has 0 bridgehead atoms. The summed E-state index contributed by atoms with van der Waals surface area (Å²) < 4.78 is 10.7. The first-order valence-electron chi connectivity index (χ1n) is 6.62. The standard InChI is InChI=1S/C15H18N2O4/c1-15(2,3)14-16-12(21-17-14)9-20-11-7-5-4-6-10(11)8-13(18)19/h4-7H,8-9H2,1-3H3,(H,18,19). The molecule has 0 spiro atoms. The summed E-state index contributed by atoms with van der Waals surface area (Å²) in [6.45, 7) is 6.08. The fraction of sp³-hybridized carbons (Fsp3) is 0.400. The van der Waals surface area contributed by atoms with Crippen LogP contribution in [0.5, 0.6) is 5.75 Å². The second kappa shape index (κ2) is 5.95. The lowest BCUT2D eigenvalue weighted by molar-refractivity contribution is -0.136. The molecule has 0 radical (unpaired) electrons. The van der Waals surface area contributed by atoms with E-state index in [4.69, 9.17) is 14.4 Å². The van der Waals surface area contributed by atoms with E-state index in [1.165, 1.54) is 0 Å². The number of carboxylic acid groups (broad SMARTS) is 1. The summed E-state index contributed by atoms with van der Waals surface area (Å²) in [7, 11) is 0. The van der Waals surface area contributed by atoms with E-state index in [1.54, 1.807) is 24.3 Å². The smallest absolute Gasteiger partial charge is 0.307 e. The zero-order valence-electron chi connectivity index (χ0n) is 12.3. The number of carboxylic acids is 1. The summed E-state index contributed by atoms with van der Waals surface area (Å²) in [6, 6.07) is 7.00. The Balaban J connectivity index is 2.06. The average Bonchev–Trinajstić information content (AvgIpc) is 2.86. The van der Waals surface area contributed by atoms with Gasteiger partial charge in [-0.3, -0.25) is 4.79 Å². The molecule has 6 nitrogen and oxygen atoms in total. The minimum Gasteiger partial charge on any atom is -0.483 e. The third-order valence-electron chi connectivity index (χ3n) is 2.80. The predicted molar refractivity (Wildman–Crippen MR) is 75.1 cm³/mol. The molecule has 21 heavy (non-hydrogen) atoms. The molecule has 1 heterocycles. The maximum absolute atomic E-state index is 10.8. The molecule has 2 rings (SSSR count). The van der Waals surface area contributed by atoms with Crippen molar-refractivity contribution < 1.29 is 19.2 Å². The average molecular weight is 290 g/mol. The van der Waals surface area contributed by atoms with Gasteiger partial charge in [0.2, 0.25) is 0 Å². The first-order chi connectivity index (χ1) is 9.86. The quantitative estimate of drug-likeness (QED) is 0.910. The van der Waals surface area contributed by atoms with Gasteiger partial charge in [-0.1, -0.05) is 44.1 Å².